The van der Waals surface area contributed by atoms with Crippen LogP contribution in [0.3, 0.4) is 0 Å². The molecule has 0 spiro atoms. The van der Waals surface area contributed by atoms with Crippen LogP contribution in [-0.2, 0) is 40.1 Å². The average molecular weight is 768 g/mol. The number of pyridine rings is 2. The molecule has 2 aliphatic rings. The second-order valence-corrected chi connectivity index (χ2v) is 12.8. The molecular formula is C32H19IrN2O5S2-. The first-order chi connectivity index (χ1) is 19.7. The summed E-state index contributed by atoms with van der Waals surface area (Å²) in [5.41, 5.74) is 8.48. The van der Waals surface area contributed by atoms with Gasteiger partial charge in [-0.25, -0.2) is 13.4 Å². The van der Waals surface area contributed by atoms with Gasteiger partial charge in [0.05, 0.1) is 10.4 Å². The van der Waals surface area contributed by atoms with Crippen molar-refractivity contribution in [2.24, 2.45) is 0 Å². The van der Waals surface area contributed by atoms with Crippen molar-refractivity contribution in [1.29, 1.82) is 0 Å². The minimum Gasteiger partial charge on any atom is -0.296 e. The van der Waals surface area contributed by atoms with Gasteiger partial charge in [0.1, 0.15) is 0 Å². The normalized spacial score (nSPS) is 13.3. The minimum atomic E-state index is -4.11. The molecule has 3 heterocycles. The van der Waals surface area contributed by atoms with Crippen LogP contribution in [-0.4, -0.2) is 31.4 Å². The first-order valence-corrected chi connectivity index (χ1v) is 15.5. The molecule has 42 heavy (non-hydrogen) atoms. The maximum absolute atomic E-state index is 13.1. The van der Waals surface area contributed by atoms with Crippen molar-refractivity contribution >= 4 is 30.9 Å². The summed E-state index contributed by atoms with van der Waals surface area (Å²) in [6, 6.07) is 34.7. The quantitative estimate of drug-likeness (QED) is 0.158. The summed E-state index contributed by atoms with van der Waals surface area (Å²) >= 11 is 0. The van der Waals surface area contributed by atoms with E-state index >= 15 is 0 Å². The van der Waals surface area contributed by atoms with Crippen molar-refractivity contribution in [1.82, 2.24) is 9.97 Å². The van der Waals surface area contributed by atoms with Gasteiger partial charge in [0.15, 0.2) is 14.9 Å². The fourth-order valence-electron chi connectivity index (χ4n) is 5.50. The number of hydrogen-bond donors (Lipinski definition) is 1. The number of rotatable bonds is 2. The molecule has 1 aliphatic carbocycles. The zero-order valence-corrected chi connectivity index (χ0v) is 25.5. The Bertz CT molecular complexity index is 2260. The van der Waals surface area contributed by atoms with Crippen LogP contribution >= 0.6 is 0 Å². The van der Waals surface area contributed by atoms with E-state index in [4.69, 9.17) is 9.54 Å². The first-order valence-electron chi connectivity index (χ1n) is 12.6. The molecule has 0 fully saturated rings. The fraction of sp³-hybridized carbons (Fsp3) is 0. The van der Waals surface area contributed by atoms with Gasteiger partial charge in [-0.1, -0.05) is 72.3 Å². The van der Waals surface area contributed by atoms with E-state index in [-0.39, 0.29) is 25.1 Å². The summed E-state index contributed by atoms with van der Waals surface area (Å²) in [5.74, 6) is 0. The minimum absolute atomic E-state index is 0. The maximum atomic E-state index is 13.1. The molecule has 10 heteroatoms. The van der Waals surface area contributed by atoms with Gasteiger partial charge in [0.25, 0.3) is 0 Å². The number of hydrogen-bond acceptors (Lipinski definition) is 6. The monoisotopic (exact) mass is 768 g/mol. The molecule has 1 radical (unpaired) electrons. The SMILES string of the molecule is O=S(=O)(O)c1ccccn1.O=S1(=O)c2ccccc2-c2c(-c3cc4c5c(cccc5n3)-c3ccccc3-4)[c-]ccc21.[Ir]. The molecule has 2 aromatic heterocycles. The number of fused-ring (bicyclic) bond motifs is 6. The van der Waals surface area contributed by atoms with Gasteiger partial charge in [-0.2, -0.15) is 8.42 Å². The molecule has 0 bridgehead atoms. The van der Waals surface area contributed by atoms with Gasteiger partial charge in [0, 0.05) is 31.7 Å². The Balaban J connectivity index is 0.000000247. The zero-order valence-electron chi connectivity index (χ0n) is 21.5. The second kappa shape index (κ2) is 10.3. The maximum Gasteiger partial charge on any atom is 0.312 e. The molecule has 0 atom stereocenters. The Kier molecular flexibility index (Phi) is 6.92. The number of aromatic nitrogens is 2. The second-order valence-electron chi connectivity index (χ2n) is 9.53. The smallest absolute Gasteiger partial charge is 0.296 e. The number of sulfone groups is 1. The third kappa shape index (κ3) is 4.40. The van der Waals surface area contributed by atoms with Crippen LogP contribution in [0.4, 0.5) is 0 Å². The van der Waals surface area contributed by atoms with Crippen LogP contribution in [0.5, 0.6) is 0 Å². The molecule has 6 aromatic rings. The summed E-state index contributed by atoms with van der Waals surface area (Å²) in [5, 5.41) is 0.822. The van der Waals surface area contributed by atoms with E-state index in [0.717, 1.165) is 33.3 Å². The summed E-state index contributed by atoms with van der Waals surface area (Å²) in [7, 11) is -7.65. The van der Waals surface area contributed by atoms with E-state index in [2.05, 4.69) is 41.4 Å². The van der Waals surface area contributed by atoms with Crippen LogP contribution < -0.4 is 0 Å². The first kappa shape index (κ1) is 28.1. The van der Waals surface area contributed by atoms with Crippen LogP contribution in [0.1, 0.15) is 0 Å². The summed E-state index contributed by atoms with van der Waals surface area (Å²) < 4.78 is 55.3. The zero-order chi connectivity index (χ0) is 28.4. The van der Waals surface area contributed by atoms with E-state index < -0.39 is 20.0 Å². The van der Waals surface area contributed by atoms with Crippen LogP contribution in [0.2, 0.25) is 0 Å². The average Bonchev–Trinajstić information content (AvgIpc) is 3.44. The Morgan fingerprint density at radius 3 is 2.07 bits per heavy atom. The molecule has 209 valence electrons. The fourth-order valence-corrected chi connectivity index (χ4v) is 7.63. The van der Waals surface area contributed by atoms with Gasteiger partial charge in [-0.05, 0) is 62.7 Å². The van der Waals surface area contributed by atoms with Gasteiger partial charge in [-0.3, -0.25) is 9.54 Å². The Morgan fingerprint density at radius 1 is 0.714 bits per heavy atom. The molecule has 0 amide bonds. The van der Waals surface area contributed by atoms with Crippen LogP contribution in [0, 0.1) is 6.07 Å². The molecular weight excluding hydrogens is 749 g/mol. The summed E-state index contributed by atoms with van der Waals surface area (Å²) in [6.45, 7) is 0. The van der Waals surface area contributed by atoms with Crippen LogP contribution in [0.25, 0.3) is 55.5 Å². The molecule has 4 aromatic carbocycles. The van der Waals surface area contributed by atoms with Crippen molar-refractivity contribution in [3.63, 3.8) is 0 Å². The Morgan fingerprint density at radius 2 is 1.38 bits per heavy atom. The molecule has 1 N–H and O–H groups in total. The Hall–Kier alpha value is -4.05. The van der Waals surface area contributed by atoms with E-state index in [1.807, 2.05) is 30.3 Å². The summed E-state index contributed by atoms with van der Waals surface area (Å²) in [4.78, 5) is 9.05. The van der Waals surface area contributed by atoms with Crippen LogP contribution in [0.15, 0.2) is 124 Å². The predicted molar refractivity (Wildman–Crippen MR) is 155 cm³/mol. The third-order valence-corrected chi connectivity index (χ3v) is 9.82. The van der Waals surface area contributed by atoms with Gasteiger partial charge < -0.3 is 0 Å². The van der Waals surface area contributed by atoms with Gasteiger partial charge >= 0.3 is 10.1 Å². The predicted octanol–water partition coefficient (Wildman–Crippen LogP) is 6.49. The van der Waals surface area contributed by atoms with Crippen molar-refractivity contribution in [3.8, 4) is 44.6 Å². The molecule has 8 rings (SSSR count). The third-order valence-electron chi connectivity index (χ3n) is 7.19. The molecule has 0 saturated heterocycles. The van der Waals surface area contributed by atoms with Gasteiger partial charge in [0.2, 0.25) is 0 Å². The Labute approximate surface area is 256 Å². The molecule has 0 unspecified atom stereocenters. The van der Waals surface area contributed by atoms with Crippen molar-refractivity contribution in [2.75, 3.05) is 0 Å². The number of nitrogens with zero attached hydrogens (tertiary/aromatic N) is 2. The van der Waals surface area contributed by atoms with E-state index in [9.17, 15) is 16.8 Å². The molecule has 1 aliphatic heterocycles. The summed E-state index contributed by atoms with van der Waals surface area (Å²) in [6.07, 6.45) is 1.29. The van der Waals surface area contributed by atoms with E-state index in [0.29, 0.717) is 15.4 Å². The topological polar surface area (TPSA) is 114 Å². The van der Waals surface area contributed by atoms with E-state index in [1.54, 1.807) is 30.3 Å². The number of benzene rings is 4. The molecule has 0 saturated carbocycles. The largest absolute Gasteiger partial charge is 0.312 e. The molecule has 7 nitrogen and oxygen atoms in total. The van der Waals surface area contributed by atoms with E-state index in [1.165, 1.54) is 35.0 Å². The van der Waals surface area contributed by atoms with Crippen molar-refractivity contribution in [3.05, 3.63) is 115 Å². The van der Waals surface area contributed by atoms with Gasteiger partial charge in [-0.15, -0.1) is 23.8 Å². The van der Waals surface area contributed by atoms with Crippen molar-refractivity contribution in [2.45, 2.75) is 14.8 Å². The standard InChI is InChI=1S/C27H14NO2S.C5H5NO3S.Ir/c29-31(30)24-13-4-3-9-20(24)27-19(11-6-14-25(27)31)23-15-21-17-8-2-1-7-16(17)18-10-5-12-22(28-23)26(18)21;7-10(8,9)5-3-1-2-4-6-5;/h1-10,12-15H;1-4H,(H,7,8,9);/q-1;;. The van der Waals surface area contributed by atoms with Crippen molar-refractivity contribution < 1.29 is 41.5 Å².